The highest BCUT2D eigenvalue weighted by Gasteiger charge is 2.14. The smallest absolute Gasteiger partial charge is 0.352 e. The van der Waals surface area contributed by atoms with Crippen LogP contribution in [0.1, 0.15) is 30.4 Å². The molecule has 0 saturated carbocycles. The van der Waals surface area contributed by atoms with Crippen LogP contribution in [-0.2, 0) is 0 Å². The predicted octanol–water partition coefficient (Wildman–Crippen LogP) is 2.42. The second kappa shape index (κ2) is 3.19. The lowest BCUT2D eigenvalue weighted by atomic mass is 10.3. The molecule has 0 aromatic carbocycles. The predicted molar refractivity (Wildman–Crippen MR) is 46.8 cm³/mol. The van der Waals surface area contributed by atoms with Crippen LogP contribution >= 0.6 is 11.6 Å². The second-order valence-electron chi connectivity index (χ2n) is 2.81. The van der Waals surface area contributed by atoms with Crippen LogP contribution in [0, 0.1) is 0 Å². The van der Waals surface area contributed by atoms with Gasteiger partial charge in [0.1, 0.15) is 10.8 Å². The van der Waals surface area contributed by atoms with E-state index in [1.54, 1.807) is 10.6 Å². The van der Waals surface area contributed by atoms with Gasteiger partial charge in [0.15, 0.2) is 0 Å². The van der Waals surface area contributed by atoms with Crippen molar-refractivity contribution in [3.63, 3.8) is 0 Å². The molecule has 0 spiro atoms. The quantitative estimate of drug-likeness (QED) is 0.773. The van der Waals surface area contributed by atoms with Gasteiger partial charge in [-0.2, -0.15) is 0 Å². The van der Waals surface area contributed by atoms with Crippen LogP contribution in [0.2, 0.25) is 5.15 Å². The summed E-state index contributed by atoms with van der Waals surface area (Å²) < 4.78 is 1.57. The molecule has 0 aliphatic carbocycles. The molecule has 1 heterocycles. The fraction of sp³-hybridized carbons (Fsp3) is 0.375. The zero-order valence-corrected chi connectivity index (χ0v) is 7.67. The third-order valence-corrected chi connectivity index (χ3v) is 1.91. The van der Waals surface area contributed by atoms with Gasteiger partial charge in [-0.3, -0.25) is 0 Å². The van der Waals surface area contributed by atoms with Gasteiger partial charge in [-0.05, 0) is 26.0 Å². The number of hydrogen-bond donors (Lipinski definition) is 1. The van der Waals surface area contributed by atoms with Crippen molar-refractivity contribution in [1.29, 1.82) is 0 Å². The maximum absolute atomic E-state index is 10.7. The topological polar surface area (TPSA) is 42.2 Å². The molecule has 0 amide bonds. The van der Waals surface area contributed by atoms with Crippen molar-refractivity contribution < 1.29 is 9.90 Å². The van der Waals surface area contributed by atoms with Crippen molar-refractivity contribution in [2.24, 2.45) is 0 Å². The maximum atomic E-state index is 10.7. The molecule has 0 fully saturated rings. The summed E-state index contributed by atoms with van der Waals surface area (Å²) in [5, 5.41) is 9.21. The van der Waals surface area contributed by atoms with E-state index in [0.717, 1.165) is 0 Å². The largest absolute Gasteiger partial charge is 0.477 e. The second-order valence-corrected chi connectivity index (χ2v) is 3.20. The van der Waals surface area contributed by atoms with Gasteiger partial charge in [-0.25, -0.2) is 4.79 Å². The molecule has 0 atom stereocenters. The molecule has 12 heavy (non-hydrogen) atoms. The molecule has 3 nitrogen and oxygen atoms in total. The van der Waals surface area contributed by atoms with Crippen molar-refractivity contribution in [2.75, 3.05) is 0 Å². The maximum Gasteiger partial charge on any atom is 0.352 e. The van der Waals surface area contributed by atoms with Gasteiger partial charge in [0.05, 0.1) is 0 Å². The Morgan fingerprint density at radius 1 is 1.58 bits per heavy atom. The third kappa shape index (κ3) is 1.46. The lowest BCUT2D eigenvalue weighted by Gasteiger charge is -2.11. The van der Waals surface area contributed by atoms with E-state index in [1.165, 1.54) is 6.07 Å². The lowest BCUT2D eigenvalue weighted by molar-refractivity contribution is 0.0683. The van der Waals surface area contributed by atoms with Gasteiger partial charge in [-0.15, -0.1) is 0 Å². The Morgan fingerprint density at radius 2 is 2.17 bits per heavy atom. The number of carbonyl (C=O) groups is 1. The number of rotatable bonds is 2. The Labute approximate surface area is 75.6 Å². The molecule has 66 valence electrons. The molecule has 4 heteroatoms. The summed E-state index contributed by atoms with van der Waals surface area (Å²) in [5.74, 6) is -0.949. The van der Waals surface area contributed by atoms with Crippen molar-refractivity contribution in [1.82, 2.24) is 4.57 Å². The van der Waals surface area contributed by atoms with Gasteiger partial charge in [-0.1, -0.05) is 11.6 Å². The Morgan fingerprint density at radius 3 is 2.50 bits per heavy atom. The summed E-state index contributed by atoms with van der Waals surface area (Å²) in [6, 6.07) is 3.16. The zero-order valence-electron chi connectivity index (χ0n) is 6.91. The summed E-state index contributed by atoms with van der Waals surface area (Å²) in [6.45, 7) is 3.77. The highest BCUT2D eigenvalue weighted by molar-refractivity contribution is 6.30. The summed E-state index contributed by atoms with van der Waals surface area (Å²) >= 11 is 5.78. The van der Waals surface area contributed by atoms with E-state index in [0.29, 0.717) is 5.15 Å². The Kier molecular flexibility index (Phi) is 2.43. The van der Waals surface area contributed by atoms with Gasteiger partial charge in [0.25, 0.3) is 0 Å². The molecular formula is C8H10ClNO2. The van der Waals surface area contributed by atoms with Crippen LogP contribution in [0.25, 0.3) is 0 Å². The minimum absolute atomic E-state index is 0.0681. The van der Waals surface area contributed by atoms with E-state index in [4.69, 9.17) is 16.7 Å². The molecular weight excluding hydrogens is 178 g/mol. The molecule has 1 rings (SSSR count). The first-order valence-electron chi connectivity index (χ1n) is 3.64. The van der Waals surface area contributed by atoms with Crippen molar-refractivity contribution in [3.05, 3.63) is 23.0 Å². The average Bonchev–Trinajstić information content (AvgIpc) is 2.30. The van der Waals surface area contributed by atoms with Gasteiger partial charge in [0, 0.05) is 6.04 Å². The standard InChI is InChI=1S/C8H10ClNO2/c1-5(2)10-6(8(11)12)3-4-7(10)9/h3-5H,1-2H3,(H,11,12). The monoisotopic (exact) mass is 187 g/mol. The Bertz CT molecular complexity index is 304. The number of aromatic nitrogens is 1. The first-order chi connectivity index (χ1) is 5.54. The Balaban J connectivity index is 3.21. The summed E-state index contributed by atoms with van der Waals surface area (Å²) in [4.78, 5) is 10.7. The molecule has 0 unspecified atom stereocenters. The highest BCUT2D eigenvalue weighted by Crippen LogP contribution is 2.20. The van der Waals surface area contributed by atoms with E-state index in [1.807, 2.05) is 13.8 Å². The molecule has 1 aromatic rings. The lowest BCUT2D eigenvalue weighted by Crippen LogP contribution is -2.10. The van der Waals surface area contributed by atoms with Crippen molar-refractivity contribution in [2.45, 2.75) is 19.9 Å². The van der Waals surface area contributed by atoms with Crippen molar-refractivity contribution in [3.8, 4) is 0 Å². The van der Waals surface area contributed by atoms with E-state index in [-0.39, 0.29) is 11.7 Å². The van der Waals surface area contributed by atoms with Gasteiger partial charge >= 0.3 is 5.97 Å². The van der Waals surface area contributed by atoms with Crippen LogP contribution in [0.15, 0.2) is 12.1 Å². The molecule has 0 aliphatic heterocycles. The third-order valence-electron chi connectivity index (χ3n) is 1.60. The number of hydrogen-bond acceptors (Lipinski definition) is 1. The number of nitrogens with zero attached hydrogens (tertiary/aromatic N) is 1. The first-order valence-corrected chi connectivity index (χ1v) is 4.02. The first kappa shape index (κ1) is 9.13. The fourth-order valence-electron chi connectivity index (χ4n) is 1.12. The minimum atomic E-state index is -0.949. The van der Waals surface area contributed by atoms with Crippen LogP contribution < -0.4 is 0 Å². The van der Waals surface area contributed by atoms with Crippen LogP contribution in [0.4, 0.5) is 0 Å². The van der Waals surface area contributed by atoms with Crippen LogP contribution in [0.3, 0.4) is 0 Å². The summed E-state index contributed by atoms with van der Waals surface area (Å²) in [6.07, 6.45) is 0. The van der Waals surface area contributed by atoms with E-state index in [9.17, 15) is 4.79 Å². The zero-order chi connectivity index (χ0) is 9.30. The molecule has 0 aliphatic rings. The van der Waals surface area contributed by atoms with Gasteiger partial charge in [0.2, 0.25) is 0 Å². The molecule has 0 radical (unpaired) electrons. The average molecular weight is 188 g/mol. The number of carboxylic acids is 1. The van der Waals surface area contributed by atoms with E-state index >= 15 is 0 Å². The summed E-state index contributed by atoms with van der Waals surface area (Å²) in [7, 11) is 0. The van der Waals surface area contributed by atoms with E-state index < -0.39 is 5.97 Å². The normalized spacial score (nSPS) is 10.7. The van der Waals surface area contributed by atoms with Gasteiger partial charge < -0.3 is 9.67 Å². The number of aromatic carboxylic acids is 1. The Hall–Kier alpha value is -0.960. The number of halogens is 1. The SMILES string of the molecule is CC(C)n1c(Cl)ccc1C(=O)O. The fourth-order valence-corrected chi connectivity index (χ4v) is 1.47. The molecule has 1 aromatic heterocycles. The molecule has 1 N–H and O–H groups in total. The molecule has 0 saturated heterocycles. The van der Waals surface area contributed by atoms with Crippen molar-refractivity contribution >= 4 is 17.6 Å². The van der Waals surface area contributed by atoms with Crippen LogP contribution in [-0.4, -0.2) is 15.6 Å². The van der Waals surface area contributed by atoms with Crippen LogP contribution in [0.5, 0.6) is 0 Å². The summed E-state index contributed by atoms with van der Waals surface area (Å²) in [5.41, 5.74) is 0.231. The minimum Gasteiger partial charge on any atom is -0.477 e. The molecule has 0 bridgehead atoms. The number of carboxylic acid groups (broad SMARTS) is 1. The van der Waals surface area contributed by atoms with E-state index in [2.05, 4.69) is 0 Å². The highest BCUT2D eigenvalue weighted by atomic mass is 35.5.